The van der Waals surface area contributed by atoms with Gasteiger partial charge in [0, 0.05) is 18.1 Å². The van der Waals surface area contributed by atoms with E-state index in [0.717, 1.165) is 40.5 Å². The van der Waals surface area contributed by atoms with Crippen LogP contribution in [0.15, 0.2) is 47.5 Å². The Kier molecular flexibility index (Phi) is 10.2. The van der Waals surface area contributed by atoms with Gasteiger partial charge in [-0.3, -0.25) is 4.99 Å². The van der Waals surface area contributed by atoms with E-state index in [0.29, 0.717) is 19.0 Å². The number of nitrogens with zero attached hydrogens (tertiary/aromatic N) is 1. The highest BCUT2D eigenvalue weighted by Crippen LogP contribution is 2.27. The highest BCUT2D eigenvalue weighted by atomic mass is 127. The highest BCUT2D eigenvalue weighted by Gasteiger charge is 2.04. The van der Waals surface area contributed by atoms with Crippen molar-refractivity contribution in [1.29, 1.82) is 0 Å². The molecule has 0 unspecified atom stereocenters. The summed E-state index contributed by atoms with van der Waals surface area (Å²) < 4.78 is 10.5. The first kappa shape index (κ1) is 22.4. The largest absolute Gasteiger partial charge is 0.493 e. The summed E-state index contributed by atoms with van der Waals surface area (Å²) in [6.45, 7) is 1.32. The van der Waals surface area contributed by atoms with Gasteiger partial charge in [0.2, 0.25) is 0 Å². The van der Waals surface area contributed by atoms with E-state index in [1.54, 1.807) is 14.2 Å². The molecule has 142 valence electrons. The van der Waals surface area contributed by atoms with Gasteiger partial charge in [-0.15, -0.1) is 24.0 Å². The van der Waals surface area contributed by atoms with Crippen molar-refractivity contribution in [3.63, 3.8) is 0 Å². The van der Waals surface area contributed by atoms with Gasteiger partial charge in [0.25, 0.3) is 0 Å². The lowest BCUT2D eigenvalue weighted by Gasteiger charge is -2.09. The van der Waals surface area contributed by atoms with Crippen molar-refractivity contribution in [3.05, 3.63) is 58.6 Å². The van der Waals surface area contributed by atoms with Crippen molar-refractivity contribution in [2.45, 2.75) is 12.8 Å². The Bertz CT molecular complexity index is 726. The first-order valence-electron chi connectivity index (χ1n) is 8.11. The molecule has 0 spiro atoms. The molecular weight excluding hydrogens is 465 g/mol. The van der Waals surface area contributed by atoms with E-state index in [-0.39, 0.29) is 24.0 Å². The molecule has 0 amide bonds. The van der Waals surface area contributed by atoms with Gasteiger partial charge in [-0.1, -0.05) is 29.8 Å². The molecule has 7 heteroatoms. The molecule has 0 heterocycles. The van der Waals surface area contributed by atoms with Gasteiger partial charge in [-0.2, -0.15) is 0 Å². The highest BCUT2D eigenvalue weighted by molar-refractivity contribution is 14.0. The van der Waals surface area contributed by atoms with Crippen LogP contribution in [0.1, 0.15) is 11.1 Å². The lowest BCUT2D eigenvalue weighted by molar-refractivity contribution is 0.354. The zero-order chi connectivity index (χ0) is 18.1. The molecule has 2 aromatic carbocycles. The Morgan fingerprint density at radius 1 is 1.04 bits per heavy atom. The number of ether oxygens (including phenoxy) is 2. The number of methoxy groups -OCH3 is 2. The van der Waals surface area contributed by atoms with Crippen molar-refractivity contribution in [2.75, 3.05) is 27.3 Å². The number of halogens is 2. The number of hydrogen-bond donors (Lipinski definition) is 2. The molecule has 0 aliphatic heterocycles. The molecule has 0 aliphatic carbocycles. The third-order valence-electron chi connectivity index (χ3n) is 3.74. The van der Waals surface area contributed by atoms with Crippen molar-refractivity contribution in [3.8, 4) is 11.5 Å². The van der Waals surface area contributed by atoms with Crippen LogP contribution in [0.4, 0.5) is 0 Å². The van der Waals surface area contributed by atoms with E-state index in [1.807, 2.05) is 42.5 Å². The van der Waals surface area contributed by atoms with Crippen LogP contribution < -0.4 is 20.5 Å². The first-order valence-corrected chi connectivity index (χ1v) is 8.49. The van der Waals surface area contributed by atoms with Crippen LogP contribution in [0.25, 0.3) is 0 Å². The van der Waals surface area contributed by atoms with Crippen LogP contribution in [-0.4, -0.2) is 33.3 Å². The number of nitrogens with one attached hydrogen (secondary N) is 1. The van der Waals surface area contributed by atoms with Crippen LogP contribution in [-0.2, 0) is 12.8 Å². The zero-order valence-electron chi connectivity index (χ0n) is 15.0. The first-order chi connectivity index (χ1) is 12.1. The third kappa shape index (κ3) is 7.29. The number of rotatable bonds is 8. The lowest BCUT2D eigenvalue weighted by atomic mass is 10.1. The Balaban J connectivity index is 0.00000338. The summed E-state index contributed by atoms with van der Waals surface area (Å²) in [5.74, 6) is 1.89. The Morgan fingerprint density at radius 2 is 1.77 bits per heavy atom. The third-order valence-corrected chi connectivity index (χ3v) is 3.97. The molecule has 2 aromatic rings. The van der Waals surface area contributed by atoms with Crippen molar-refractivity contribution < 1.29 is 9.47 Å². The normalized spacial score (nSPS) is 10.8. The number of benzene rings is 2. The van der Waals surface area contributed by atoms with Gasteiger partial charge in [-0.25, -0.2) is 0 Å². The number of hydrogen-bond acceptors (Lipinski definition) is 3. The second kappa shape index (κ2) is 11.9. The molecule has 2 rings (SSSR count). The summed E-state index contributed by atoms with van der Waals surface area (Å²) in [5, 5.41) is 3.86. The summed E-state index contributed by atoms with van der Waals surface area (Å²) in [4.78, 5) is 4.35. The Labute approximate surface area is 177 Å². The molecule has 0 atom stereocenters. The van der Waals surface area contributed by atoms with E-state index in [4.69, 9.17) is 26.8 Å². The van der Waals surface area contributed by atoms with E-state index < -0.39 is 0 Å². The minimum absolute atomic E-state index is 0. The molecule has 0 saturated carbocycles. The van der Waals surface area contributed by atoms with E-state index in [1.165, 1.54) is 0 Å². The molecule has 0 saturated heterocycles. The van der Waals surface area contributed by atoms with Gasteiger partial charge in [-0.05, 0) is 48.2 Å². The minimum atomic E-state index is 0. The Morgan fingerprint density at radius 3 is 2.46 bits per heavy atom. The second-order valence-electron chi connectivity index (χ2n) is 5.51. The number of guanidine groups is 1. The van der Waals surface area contributed by atoms with Gasteiger partial charge in [0.1, 0.15) is 0 Å². The van der Waals surface area contributed by atoms with E-state index in [2.05, 4.69) is 10.3 Å². The lowest BCUT2D eigenvalue weighted by Crippen LogP contribution is -2.33. The maximum atomic E-state index is 5.97. The van der Waals surface area contributed by atoms with Crippen molar-refractivity contribution >= 4 is 41.5 Å². The predicted octanol–water partition coefficient (Wildman–Crippen LogP) is 3.66. The minimum Gasteiger partial charge on any atom is -0.493 e. The number of aliphatic imine (C=N–C) groups is 1. The molecule has 0 radical (unpaired) electrons. The molecular formula is C19H25ClIN3O2. The van der Waals surface area contributed by atoms with Gasteiger partial charge in [0.15, 0.2) is 17.5 Å². The van der Waals surface area contributed by atoms with Crippen molar-refractivity contribution in [2.24, 2.45) is 10.7 Å². The van der Waals surface area contributed by atoms with E-state index >= 15 is 0 Å². The fourth-order valence-electron chi connectivity index (χ4n) is 2.42. The van der Waals surface area contributed by atoms with E-state index in [9.17, 15) is 0 Å². The fourth-order valence-corrected chi connectivity index (χ4v) is 2.64. The van der Waals surface area contributed by atoms with Crippen LogP contribution >= 0.6 is 35.6 Å². The van der Waals surface area contributed by atoms with Gasteiger partial charge < -0.3 is 20.5 Å². The Hall–Kier alpha value is -1.67. The summed E-state index contributed by atoms with van der Waals surface area (Å²) in [6, 6.07) is 13.6. The van der Waals surface area contributed by atoms with Gasteiger partial charge in [0.05, 0.1) is 14.2 Å². The maximum Gasteiger partial charge on any atom is 0.188 e. The topological polar surface area (TPSA) is 68.9 Å². The van der Waals surface area contributed by atoms with Crippen molar-refractivity contribution in [1.82, 2.24) is 5.32 Å². The van der Waals surface area contributed by atoms with Crippen LogP contribution in [0, 0.1) is 0 Å². The van der Waals surface area contributed by atoms with Crippen LogP contribution in [0.3, 0.4) is 0 Å². The summed E-state index contributed by atoms with van der Waals surface area (Å²) in [5.41, 5.74) is 8.19. The smallest absolute Gasteiger partial charge is 0.188 e. The zero-order valence-corrected chi connectivity index (χ0v) is 18.1. The number of nitrogens with two attached hydrogens (primary N) is 1. The maximum absolute atomic E-state index is 5.97. The predicted molar refractivity (Wildman–Crippen MR) is 118 cm³/mol. The monoisotopic (exact) mass is 489 g/mol. The van der Waals surface area contributed by atoms with Crippen LogP contribution in [0.5, 0.6) is 11.5 Å². The molecule has 0 aliphatic rings. The quantitative estimate of drug-likeness (QED) is 0.337. The molecule has 5 nitrogen and oxygen atoms in total. The summed E-state index contributed by atoms with van der Waals surface area (Å²) >= 11 is 5.97. The standard InChI is InChI=1S/C19H24ClN3O2.HI/c1-24-17-7-6-15(13-18(17)25-2)9-11-23-19(21)22-10-8-14-4-3-5-16(20)12-14;/h3-7,12-13H,8-11H2,1-2H3,(H3,21,22,23);1H. The SMILES string of the molecule is COc1ccc(CCN=C(N)NCCc2cccc(Cl)c2)cc1OC.I. The average molecular weight is 490 g/mol. The molecule has 0 bridgehead atoms. The second-order valence-corrected chi connectivity index (χ2v) is 5.95. The average Bonchev–Trinajstić information content (AvgIpc) is 2.61. The summed E-state index contributed by atoms with van der Waals surface area (Å²) in [6.07, 6.45) is 1.61. The van der Waals surface area contributed by atoms with Gasteiger partial charge >= 0.3 is 0 Å². The fraction of sp³-hybridized carbons (Fsp3) is 0.316. The molecule has 0 fully saturated rings. The summed E-state index contributed by atoms with van der Waals surface area (Å²) in [7, 11) is 3.25. The molecule has 0 aromatic heterocycles. The molecule has 3 N–H and O–H groups in total. The molecule has 26 heavy (non-hydrogen) atoms. The van der Waals surface area contributed by atoms with Crippen LogP contribution in [0.2, 0.25) is 5.02 Å².